The number of rotatable bonds is 8. The molecule has 0 atom stereocenters. The topological polar surface area (TPSA) is 76.0 Å². The van der Waals surface area contributed by atoms with Gasteiger partial charge in [0.25, 0.3) is 0 Å². The first-order valence-electron chi connectivity index (χ1n) is 8.52. The van der Waals surface area contributed by atoms with Crippen molar-refractivity contribution in [3.05, 3.63) is 95.1 Å². The van der Waals surface area contributed by atoms with Crippen molar-refractivity contribution in [1.82, 2.24) is 0 Å². The summed E-state index contributed by atoms with van der Waals surface area (Å²) in [4.78, 5) is 11.7. The van der Waals surface area contributed by atoms with E-state index in [0.717, 1.165) is 11.1 Å². The van der Waals surface area contributed by atoms with Gasteiger partial charge in [0.2, 0.25) is 0 Å². The summed E-state index contributed by atoms with van der Waals surface area (Å²) >= 11 is 0. The van der Waals surface area contributed by atoms with Gasteiger partial charge < -0.3 is 19.7 Å². The highest BCUT2D eigenvalue weighted by atomic mass is 16.5. The molecule has 0 saturated heterocycles. The molecule has 0 spiro atoms. The molecule has 27 heavy (non-hydrogen) atoms. The van der Waals surface area contributed by atoms with E-state index in [1.54, 1.807) is 6.07 Å². The van der Waals surface area contributed by atoms with Gasteiger partial charge in [-0.2, -0.15) is 0 Å². The second-order valence-electron chi connectivity index (χ2n) is 5.97. The summed E-state index contributed by atoms with van der Waals surface area (Å²) in [6.45, 7) is 0.153. The van der Waals surface area contributed by atoms with E-state index in [1.165, 1.54) is 6.07 Å². The molecule has 0 fully saturated rings. The Morgan fingerprint density at radius 1 is 0.815 bits per heavy atom. The van der Waals surface area contributed by atoms with E-state index in [-0.39, 0.29) is 24.5 Å². The van der Waals surface area contributed by atoms with Crippen molar-refractivity contribution in [3.8, 4) is 11.5 Å². The minimum Gasteiger partial charge on any atom is -0.489 e. The first-order chi connectivity index (χ1) is 13.2. The Bertz CT molecular complexity index is 891. The first kappa shape index (κ1) is 18.5. The molecule has 0 aliphatic heterocycles. The Labute approximate surface area is 157 Å². The maximum absolute atomic E-state index is 11.7. The van der Waals surface area contributed by atoms with Crippen molar-refractivity contribution in [2.75, 3.05) is 0 Å². The predicted molar refractivity (Wildman–Crippen MR) is 101 cm³/mol. The third kappa shape index (κ3) is 4.86. The van der Waals surface area contributed by atoms with Crippen molar-refractivity contribution in [2.45, 2.75) is 19.8 Å². The molecule has 5 heteroatoms. The van der Waals surface area contributed by atoms with Gasteiger partial charge in [-0.1, -0.05) is 60.7 Å². The molecule has 3 aromatic rings. The molecule has 3 rings (SSSR count). The Kier molecular flexibility index (Phi) is 6.07. The number of ether oxygens (including phenoxy) is 2. The van der Waals surface area contributed by atoms with Crippen LogP contribution in [0.15, 0.2) is 72.8 Å². The van der Waals surface area contributed by atoms with Crippen LogP contribution in [0.4, 0.5) is 0 Å². The molecular weight excluding hydrogens is 344 g/mol. The van der Waals surface area contributed by atoms with Crippen LogP contribution in [0.25, 0.3) is 0 Å². The SMILES string of the molecule is O=C(O)c1cc(OCc2ccccc2)cc(CO)c1OCc1ccccc1. The van der Waals surface area contributed by atoms with Crippen LogP contribution < -0.4 is 9.47 Å². The molecular formula is C22H20O5. The normalized spacial score (nSPS) is 10.4. The van der Waals surface area contributed by atoms with Crippen molar-refractivity contribution >= 4 is 5.97 Å². The summed E-state index contributed by atoms with van der Waals surface area (Å²) in [5.41, 5.74) is 2.20. The average molecular weight is 364 g/mol. The van der Waals surface area contributed by atoms with Crippen molar-refractivity contribution in [3.63, 3.8) is 0 Å². The zero-order valence-corrected chi connectivity index (χ0v) is 14.7. The van der Waals surface area contributed by atoms with Crippen LogP contribution in [-0.4, -0.2) is 16.2 Å². The molecule has 0 aromatic heterocycles. The third-order valence-electron chi connectivity index (χ3n) is 4.01. The van der Waals surface area contributed by atoms with E-state index >= 15 is 0 Å². The lowest BCUT2D eigenvalue weighted by Gasteiger charge is -2.16. The monoisotopic (exact) mass is 364 g/mol. The maximum atomic E-state index is 11.7. The number of carboxylic acids is 1. The number of hydrogen-bond donors (Lipinski definition) is 2. The number of aliphatic hydroxyl groups excluding tert-OH is 1. The molecule has 2 N–H and O–H groups in total. The zero-order chi connectivity index (χ0) is 19.1. The number of benzene rings is 3. The van der Waals surface area contributed by atoms with E-state index in [1.807, 2.05) is 60.7 Å². The fraction of sp³-hybridized carbons (Fsp3) is 0.136. The van der Waals surface area contributed by atoms with Crippen LogP contribution in [0.5, 0.6) is 11.5 Å². The van der Waals surface area contributed by atoms with Gasteiger partial charge in [0, 0.05) is 5.56 Å². The van der Waals surface area contributed by atoms with Gasteiger partial charge in [-0.05, 0) is 23.3 Å². The Morgan fingerprint density at radius 3 is 1.89 bits per heavy atom. The smallest absolute Gasteiger partial charge is 0.339 e. The molecule has 0 radical (unpaired) electrons. The summed E-state index contributed by atoms with van der Waals surface area (Å²) in [5, 5.41) is 19.3. The molecule has 0 heterocycles. The summed E-state index contributed by atoms with van der Waals surface area (Å²) in [6, 6.07) is 22.0. The quantitative estimate of drug-likeness (QED) is 0.631. The summed E-state index contributed by atoms with van der Waals surface area (Å²) < 4.78 is 11.4. The molecule has 0 saturated carbocycles. The van der Waals surface area contributed by atoms with E-state index in [9.17, 15) is 15.0 Å². The minimum atomic E-state index is -1.14. The highest BCUT2D eigenvalue weighted by Gasteiger charge is 2.18. The second-order valence-corrected chi connectivity index (χ2v) is 5.97. The van der Waals surface area contributed by atoms with Crippen molar-refractivity contribution in [1.29, 1.82) is 0 Å². The lowest BCUT2D eigenvalue weighted by Crippen LogP contribution is -2.08. The second kappa shape index (κ2) is 8.87. The molecule has 0 bridgehead atoms. The molecule has 138 valence electrons. The summed E-state index contributed by atoms with van der Waals surface area (Å²) in [7, 11) is 0. The maximum Gasteiger partial charge on any atom is 0.339 e. The fourth-order valence-electron chi connectivity index (χ4n) is 2.66. The first-order valence-corrected chi connectivity index (χ1v) is 8.52. The molecule has 0 aliphatic carbocycles. The standard InChI is InChI=1S/C22H20O5/c23-13-18-11-19(26-14-16-7-3-1-4-8-16)12-20(22(24)25)21(18)27-15-17-9-5-2-6-10-17/h1-12,23H,13-15H2,(H,24,25). The number of carboxylic acid groups (broad SMARTS) is 1. The fourth-order valence-corrected chi connectivity index (χ4v) is 2.66. The van der Waals surface area contributed by atoms with Gasteiger partial charge in [0.05, 0.1) is 6.61 Å². The average Bonchev–Trinajstić information content (AvgIpc) is 2.71. The summed E-state index contributed by atoms with van der Waals surface area (Å²) in [5.74, 6) is -0.619. The Morgan fingerprint density at radius 2 is 1.37 bits per heavy atom. The van der Waals surface area contributed by atoms with Gasteiger partial charge in [-0.25, -0.2) is 4.79 Å². The number of carbonyl (C=O) groups is 1. The van der Waals surface area contributed by atoms with Crippen molar-refractivity contribution < 1.29 is 24.5 Å². The Balaban J connectivity index is 1.83. The molecule has 0 amide bonds. The molecule has 5 nitrogen and oxygen atoms in total. The lowest BCUT2D eigenvalue weighted by atomic mass is 10.1. The third-order valence-corrected chi connectivity index (χ3v) is 4.01. The van der Waals surface area contributed by atoms with E-state index in [0.29, 0.717) is 17.9 Å². The van der Waals surface area contributed by atoms with Crippen LogP contribution in [0.1, 0.15) is 27.0 Å². The zero-order valence-electron chi connectivity index (χ0n) is 14.7. The van der Waals surface area contributed by atoms with Gasteiger partial charge in [-0.15, -0.1) is 0 Å². The van der Waals surface area contributed by atoms with E-state index in [2.05, 4.69) is 0 Å². The van der Waals surface area contributed by atoms with Gasteiger partial charge in [0.1, 0.15) is 30.3 Å². The largest absolute Gasteiger partial charge is 0.489 e. The highest BCUT2D eigenvalue weighted by molar-refractivity contribution is 5.92. The number of aromatic carboxylic acids is 1. The van der Waals surface area contributed by atoms with Gasteiger partial charge in [0.15, 0.2) is 0 Å². The van der Waals surface area contributed by atoms with E-state index < -0.39 is 5.97 Å². The highest BCUT2D eigenvalue weighted by Crippen LogP contribution is 2.31. The molecule has 0 aliphatic rings. The van der Waals surface area contributed by atoms with Crippen LogP contribution in [0.3, 0.4) is 0 Å². The Hall–Kier alpha value is -3.31. The van der Waals surface area contributed by atoms with E-state index in [4.69, 9.17) is 9.47 Å². The van der Waals surface area contributed by atoms with Gasteiger partial charge >= 0.3 is 5.97 Å². The molecule has 0 unspecified atom stereocenters. The van der Waals surface area contributed by atoms with Gasteiger partial charge in [-0.3, -0.25) is 0 Å². The van der Waals surface area contributed by atoms with Crippen molar-refractivity contribution in [2.24, 2.45) is 0 Å². The predicted octanol–water partition coefficient (Wildman–Crippen LogP) is 4.04. The lowest BCUT2D eigenvalue weighted by molar-refractivity contribution is 0.0690. The number of aliphatic hydroxyl groups is 1. The van der Waals surface area contributed by atoms with Crippen LogP contribution in [0, 0.1) is 0 Å². The minimum absolute atomic E-state index is 0.0412. The van der Waals surface area contributed by atoms with Crippen LogP contribution in [0.2, 0.25) is 0 Å². The van der Waals surface area contributed by atoms with Crippen LogP contribution in [-0.2, 0) is 19.8 Å². The molecule has 3 aromatic carbocycles. The number of hydrogen-bond acceptors (Lipinski definition) is 4. The van der Waals surface area contributed by atoms with Crippen LogP contribution >= 0.6 is 0 Å². The summed E-state index contributed by atoms with van der Waals surface area (Å²) in [6.07, 6.45) is 0.